The Morgan fingerprint density at radius 2 is 1.86 bits per heavy atom. The molecule has 0 aromatic heterocycles. The molecule has 0 unspecified atom stereocenters. The van der Waals surface area contributed by atoms with Crippen molar-refractivity contribution in [3.63, 3.8) is 0 Å². The smallest absolute Gasteiger partial charge is 0.179 e. The summed E-state index contributed by atoms with van der Waals surface area (Å²) in [5, 5.41) is 0. The Hall–Kier alpha value is -0.680. The van der Waals surface area contributed by atoms with E-state index in [9.17, 15) is 17.2 Å². The first-order valence-corrected chi connectivity index (χ1v) is 5.90. The van der Waals surface area contributed by atoms with E-state index in [1.807, 2.05) is 0 Å². The van der Waals surface area contributed by atoms with Gasteiger partial charge in [-0.3, -0.25) is 0 Å². The summed E-state index contributed by atoms with van der Waals surface area (Å²) in [7, 11) is -3.59. The largest absolute Gasteiger partial charge is 0.224 e. The van der Waals surface area contributed by atoms with Crippen molar-refractivity contribution in [1.29, 1.82) is 0 Å². The molecule has 1 aromatic rings. The minimum Gasteiger partial charge on any atom is -0.224 e. The van der Waals surface area contributed by atoms with Gasteiger partial charge in [0.15, 0.2) is 21.5 Å². The first kappa shape index (κ1) is 11.4. The fourth-order valence-corrected chi connectivity index (χ4v) is 2.50. The zero-order valence-electron chi connectivity index (χ0n) is 7.00. The van der Waals surface area contributed by atoms with Crippen molar-refractivity contribution < 1.29 is 17.2 Å². The molecule has 0 N–H and O–H groups in total. The minimum atomic E-state index is -3.59. The van der Waals surface area contributed by atoms with Gasteiger partial charge in [-0.1, -0.05) is 0 Å². The highest BCUT2D eigenvalue weighted by atomic mass is 35.5. The van der Waals surface area contributed by atoms with Crippen LogP contribution in [0.5, 0.6) is 0 Å². The van der Waals surface area contributed by atoms with Crippen LogP contribution in [-0.2, 0) is 9.84 Å². The Labute approximate surface area is 85.4 Å². The molecule has 0 spiro atoms. The van der Waals surface area contributed by atoms with E-state index in [1.165, 1.54) is 0 Å². The zero-order chi connectivity index (χ0) is 10.8. The zero-order valence-corrected chi connectivity index (χ0v) is 8.58. The van der Waals surface area contributed by atoms with Gasteiger partial charge in [-0.15, -0.1) is 11.6 Å². The van der Waals surface area contributed by atoms with Gasteiger partial charge in [0, 0.05) is 5.88 Å². The molecule has 78 valence electrons. The highest BCUT2D eigenvalue weighted by molar-refractivity contribution is 7.91. The van der Waals surface area contributed by atoms with E-state index in [0.29, 0.717) is 6.07 Å². The van der Waals surface area contributed by atoms with Gasteiger partial charge < -0.3 is 0 Å². The summed E-state index contributed by atoms with van der Waals surface area (Å²) in [6.45, 7) is 0. The monoisotopic (exact) mass is 240 g/mol. The Morgan fingerprint density at radius 3 is 2.36 bits per heavy atom. The van der Waals surface area contributed by atoms with Gasteiger partial charge in [-0.05, 0) is 18.2 Å². The van der Waals surface area contributed by atoms with E-state index in [4.69, 9.17) is 11.6 Å². The van der Waals surface area contributed by atoms with Gasteiger partial charge in [-0.2, -0.15) is 0 Å². The van der Waals surface area contributed by atoms with Crippen molar-refractivity contribution >= 4 is 21.4 Å². The number of hydrogen-bond donors (Lipinski definition) is 0. The molecule has 0 saturated heterocycles. The van der Waals surface area contributed by atoms with Gasteiger partial charge in [0.05, 0.1) is 10.6 Å². The van der Waals surface area contributed by atoms with Gasteiger partial charge >= 0.3 is 0 Å². The maximum Gasteiger partial charge on any atom is 0.179 e. The van der Waals surface area contributed by atoms with Crippen molar-refractivity contribution in [2.45, 2.75) is 4.90 Å². The molecule has 0 aliphatic rings. The van der Waals surface area contributed by atoms with Crippen LogP contribution in [0.3, 0.4) is 0 Å². The number of benzene rings is 1. The molecular weight excluding hydrogens is 234 g/mol. The van der Waals surface area contributed by atoms with Crippen molar-refractivity contribution in [3.8, 4) is 0 Å². The second-order valence-corrected chi connectivity index (χ2v) is 5.07. The SMILES string of the molecule is O=S(=O)(CCCl)c1ccc(F)c(F)c1. The van der Waals surface area contributed by atoms with Crippen molar-refractivity contribution in [1.82, 2.24) is 0 Å². The summed E-state index contributed by atoms with van der Waals surface area (Å²) in [4.78, 5) is -0.253. The Kier molecular flexibility index (Phi) is 3.44. The summed E-state index contributed by atoms with van der Waals surface area (Å²) in [6, 6.07) is 2.44. The summed E-state index contributed by atoms with van der Waals surface area (Å²) < 4.78 is 47.8. The molecule has 0 amide bonds. The molecule has 0 aliphatic carbocycles. The fourth-order valence-electron chi connectivity index (χ4n) is 0.890. The van der Waals surface area contributed by atoms with E-state index in [0.717, 1.165) is 12.1 Å². The predicted octanol–water partition coefficient (Wildman–Crippen LogP) is 1.98. The normalized spacial score (nSPS) is 11.6. The molecule has 1 aromatic carbocycles. The molecule has 0 saturated carbocycles. The molecule has 0 aliphatic heterocycles. The minimum absolute atomic E-state index is 0.0820. The Bertz CT molecular complexity index is 431. The van der Waals surface area contributed by atoms with Crippen LogP contribution in [-0.4, -0.2) is 20.1 Å². The summed E-state index contributed by atoms with van der Waals surface area (Å²) in [5.74, 6) is -2.63. The average molecular weight is 241 g/mol. The molecule has 2 nitrogen and oxygen atoms in total. The van der Waals surface area contributed by atoms with Crippen LogP contribution in [0, 0.1) is 11.6 Å². The van der Waals surface area contributed by atoms with Gasteiger partial charge in [0.1, 0.15) is 0 Å². The van der Waals surface area contributed by atoms with Crippen LogP contribution in [0.15, 0.2) is 23.1 Å². The maximum absolute atomic E-state index is 12.7. The van der Waals surface area contributed by atoms with Crippen LogP contribution in [0.25, 0.3) is 0 Å². The lowest BCUT2D eigenvalue weighted by atomic mass is 10.3. The molecule has 1 rings (SSSR count). The first-order chi connectivity index (χ1) is 6.47. The molecule has 0 atom stereocenters. The number of alkyl halides is 1. The third-order valence-electron chi connectivity index (χ3n) is 1.60. The lowest BCUT2D eigenvalue weighted by molar-refractivity contribution is 0.504. The van der Waals surface area contributed by atoms with E-state index in [1.54, 1.807) is 0 Å². The summed E-state index contributed by atoms with van der Waals surface area (Å²) in [6.07, 6.45) is 0. The second kappa shape index (κ2) is 4.23. The first-order valence-electron chi connectivity index (χ1n) is 3.71. The molecular formula is C8H7ClF2O2S. The summed E-state index contributed by atoms with van der Waals surface area (Å²) in [5.41, 5.74) is 0. The van der Waals surface area contributed by atoms with Crippen LogP contribution in [0.4, 0.5) is 8.78 Å². The summed E-state index contributed by atoms with van der Waals surface area (Å²) >= 11 is 5.26. The van der Waals surface area contributed by atoms with E-state index in [2.05, 4.69) is 0 Å². The Morgan fingerprint density at radius 1 is 1.21 bits per heavy atom. The van der Waals surface area contributed by atoms with Crippen LogP contribution < -0.4 is 0 Å². The van der Waals surface area contributed by atoms with Crippen molar-refractivity contribution in [3.05, 3.63) is 29.8 Å². The lowest BCUT2D eigenvalue weighted by Gasteiger charge is -2.02. The molecule has 14 heavy (non-hydrogen) atoms. The highest BCUT2D eigenvalue weighted by Crippen LogP contribution is 2.15. The highest BCUT2D eigenvalue weighted by Gasteiger charge is 2.15. The van der Waals surface area contributed by atoms with Gasteiger partial charge in [-0.25, -0.2) is 17.2 Å². The van der Waals surface area contributed by atoms with Gasteiger partial charge in [0.2, 0.25) is 0 Å². The van der Waals surface area contributed by atoms with Crippen molar-refractivity contribution in [2.75, 3.05) is 11.6 Å². The molecule has 0 fully saturated rings. The maximum atomic E-state index is 12.7. The predicted molar refractivity (Wildman–Crippen MR) is 49.1 cm³/mol. The third kappa shape index (κ3) is 2.42. The van der Waals surface area contributed by atoms with Crippen LogP contribution in [0.1, 0.15) is 0 Å². The number of rotatable bonds is 3. The fraction of sp³-hybridized carbons (Fsp3) is 0.250. The standard InChI is InChI=1S/C8H7ClF2O2S/c9-3-4-14(12,13)6-1-2-7(10)8(11)5-6/h1-2,5H,3-4H2. The molecule has 0 bridgehead atoms. The Balaban J connectivity index is 3.15. The van der Waals surface area contributed by atoms with E-state index in [-0.39, 0.29) is 16.5 Å². The molecule has 0 heterocycles. The number of halogens is 3. The van der Waals surface area contributed by atoms with Crippen molar-refractivity contribution in [2.24, 2.45) is 0 Å². The number of hydrogen-bond acceptors (Lipinski definition) is 2. The molecule has 0 radical (unpaired) electrons. The second-order valence-electron chi connectivity index (χ2n) is 2.58. The lowest BCUT2D eigenvalue weighted by Crippen LogP contribution is -2.08. The van der Waals surface area contributed by atoms with E-state index >= 15 is 0 Å². The molecule has 6 heteroatoms. The van der Waals surface area contributed by atoms with E-state index < -0.39 is 21.5 Å². The average Bonchev–Trinajstić information content (AvgIpc) is 2.09. The van der Waals surface area contributed by atoms with Crippen LogP contribution >= 0.6 is 11.6 Å². The van der Waals surface area contributed by atoms with Crippen LogP contribution in [0.2, 0.25) is 0 Å². The third-order valence-corrected chi connectivity index (χ3v) is 3.72. The number of sulfone groups is 1. The topological polar surface area (TPSA) is 34.1 Å². The van der Waals surface area contributed by atoms with Gasteiger partial charge in [0.25, 0.3) is 0 Å². The quantitative estimate of drug-likeness (QED) is 0.598.